The SMILES string of the molecule is C#CCCC1(CCNC(=O)COc2cncc(Cl)n2)N=N1. The van der Waals surface area contributed by atoms with Gasteiger partial charge in [-0.25, -0.2) is 0 Å². The van der Waals surface area contributed by atoms with Crippen molar-refractivity contribution in [2.75, 3.05) is 13.2 Å². The van der Waals surface area contributed by atoms with Crippen LogP contribution in [0.25, 0.3) is 0 Å². The molecule has 0 aliphatic carbocycles. The molecule has 2 heterocycles. The number of nitrogens with zero attached hydrogens (tertiary/aromatic N) is 4. The lowest BCUT2D eigenvalue weighted by Crippen LogP contribution is -2.32. The summed E-state index contributed by atoms with van der Waals surface area (Å²) in [6, 6.07) is 0. The van der Waals surface area contributed by atoms with E-state index in [1.165, 1.54) is 12.4 Å². The number of halogens is 1. The quantitative estimate of drug-likeness (QED) is 0.739. The lowest BCUT2D eigenvalue weighted by Gasteiger charge is -2.10. The van der Waals surface area contributed by atoms with Crippen molar-refractivity contribution in [2.45, 2.75) is 24.9 Å². The minimum Gasteiger partial charge on any atom is -0.466 e. The minimum atomic E-state index is -0.390. The lowest BCUT2D eigenvalue weighted by atomic mass is 10.0. The normalized spacial score (nSPS) is 14.3. The zero-order valence-electron chi connectivity index (χ0n) is 11.3. The molecule has 0 saturated heterocycles. The topological polar surface area (TPSA) is 88.8 Å². The number of amides is 1. The van der Waals surface area contributed by atoms with E-state index in [0.717, 1.165) is 0 Å². The van der Waals surface area contributed by atoms with E-state index >= 15 is 0 Å². The lowest BCUT2D eigenvalue weighted by molar-refractivity contribution is -0.123. The van der Waals surface area contributed by atoms with Gasteiger partial charge in [0.05, 0.1) is 12.4 Å². The first kappa shape index (κ1) is 15.2. The van der Waals surface area contributed by atoms with Crippen LogP contribution in [0.5, 0.6) is 5.88 Å². The number of ether oxygens (including phenoxy) is 1. The highest BCUT2D eigenvalue weighted by Gasteiger charge is 2.38. The second kappa shape index (κ2) is 6.99. The number of hydrogen-bond acceptors (Lipinski definition) is 6. The molecule has 0 saturated carbocycles. The van der Waals surface area contributed by atoms with E-state index in [4.69, 9.17) is 22.8 Å². The maximum atomic E-state index is 11.6. The van der Waals surface area contributed by atoms with Crippen LogP contribution in [-0.2, 0) is 4.79 Å². The van der Waals surface area contributed by atoms with E-state index in [1.54, 1.807) is 0 Å². The molecule has 1 aliphatic rings. The summed E-state index contributed by atoms with van der Waals surface area (Å²) in [6.07, 6.45) is 9.95. The number of carbonyl (C=O) groups excluding carboxylic acids is 1. The Kier molecular flexibility index (Phi) is 5.06. The fourth-order valence-electron chi connectivity index (χ4n) is 1.66. The molecule has 7 nitrogen and oxygen atoms in total. The molecule has 1 N–H and O–H groups in total. The van der Waals surface area contributed by atoms with Crippen molar-refractivity contribution in [3.63, 3.8) is 0 Å². The average molecular weight is 308 g/mol. The van der Waals surface area contributed by atoms with Crippen molar-refractivity contribution in [1.82, 2.24) is 15.3 Å². The van der Waals surface area contributed by atoms with E-state index in [2.05, 4.69) is 31.4 Å². The van der Waals surface area contributed by atoms with Gasteiger partial charge in [-0.1, -0.05) is 11.6 Å². The zero-order chi connectivity index (χ0) is 15.1. The Morgan fingerprint density at radius 1 is 1.43 bits per heavy atom. The molecule has 1 amide bonds. The van der Waals surface area contributed by atoms with Crippen LogP contribution in [0.1, 0.15) is 19.3 Å². The maximum Gasteiger partial charge on any atom is 0.258 e. The molecule has 110 valence electrons. The van der Waals surface area contributed by atoms with Gasteiger partial charge in [0.1, 0.15) is 0 Å². The molecule has 0 bridgehead atoms. The van der Waals surface area contributed by atoms with Crippen LogP contribution in [0.2, 0.25) is 5.15 Å². The Morgan fingerprint density at radius 3 is 2.90 bits per heavy atom. The number of nitrogens with one attached hydrogen (secondary N) is 1. The molecule has 1 aliphatic heterocycles. The van der Waals surface area contributed by atoms with Crippen LogP contribution < -0.4 is 10.1 Å². The van der Waals surface area contributed by atoms with Gasteiger partial charge in [0.2, 0.25) is 5.88 Å². The molecule has 0 radical (unpaired) electrons. The highest BCUT2D eigenvalue weighted by atomic mass is 35.5. The van der Waals surface area contributed by atoms with Gasteiger partial charge >= 0.3 is 0 Å². The number of terminal acetylenes is 1. The predicted octanol–water partition coefficient (Wildman–Crippen LogP) is 1.59. The van der Waals surface area contributed by atoms with Crippen molar-refractivity contribution in [3.05, 3.63) is 17.5 Å². The monoisotopic (exact) mass is 307 g/mol. The van der Waals surface area contributed by atoms with Crippen molar-refractivity contribution in [2.24, 2.45) is 10.2 Å². The van der Waals surface area contributed by atoms with Gasteiger partial charge < -0.3 is 10.1 Å². The third-order valence-electron chi connectivity index (χ3n) is 2.83. The summed E-state index contributed by atoms with van der Waals surface area (Å²) in [5.41, 5.74) is -0.390. The molecule has 2 rings (SSSR count). The fourth-order valence-corrected chi connectivity index (χ4v) is 1.80. The highest BCUT2D eigenvalue weighted by Crippen LogP contribution is 2.35. The third-order valence-corrected chi connectivity index (χ3v) is 3.02. The summed E-state index contributed by atoms with van der Waals surface area (Å²) in [7, 11) is 0. The van der Waals surface area contributed by atoms with Gasteiger partial charge in [0.15, 0.2) is 17.4 Å². The van der Waals surface area contributed by atoms with Crippen LogP contribution in [0, 0.1) is 12.3 Å². The first-order chi connectivity index (χ1) is 10.1. The van der Waals surface area contributed by atoms with Crippen molar-refractivity contribution in [1.29, 1.82) is 0 Å². The third kappa shape index (κ3) is 5.00. The van der Waals surface area contributed by atoms with Crippen molar-refractivity contribution in [3.8, 4) is 18.2 Å². The molecule has 21 heavy (non-hydrogen) atoms. The summed E-state index contributed by atoms with van der Waals surface area (Å²) in [5, 5.41) is 10.9. The Labute approximate surface area is 127 Å². The van der Waals surface area contributed by atoms with Crippen LogP contribution in [0.3, 0.4) is 0 Å². The standard InChI is InChI=1S/C13H14ClN5O2/c1-2-3-4-13(18-19-13)5-6-16-11(20)9-21-12-8-15-7-10(14)17-12/h1,7-8H,3-6,9H2,(H,16,20). The average Bonchev–Trinajstić information content (AvgIpc) is 3.23. The summed E-state index contributed by atoms with van der Waals surface area (Å²) < 4.78 is 5.17. The Hall–Kier alpha value is -2.20. The van der Waals surface area contributed by atoms with Crippen LogP contribution >= 0.6 is 11.6 Å². The summed E-state index contributed by atoms with van der Waals surface area (Å²) >= 11 is 5.65. The number of rotatable bonds is 8. The number of hydrogen-bond donors (Lipinski definition) is 1. The van der Waals surface area contributed by atoms with E-state index in [1.807, 2.05) is 0 Å². The predicted molar refractivity (Wildman–Crippen MR) is 75.8 cm³/mol. The molecule has 1 aromatic rings. The first-order valence-electron chi connectivity index (χ1n) is 6.38. The molecule has 0 fully saturated rings. The number of carbonyl (C=O) groups is 1. The van der Waals surface area contributed by atoms with Gasteiger partial charge in [0.25, 0.3) is 5.91 Å². The molecule has 8 heteroatoms. The molecule has 0 aromatic carbocycles. The second-order valence-electron chi connectivity index (χ2n) is 4.46. The smallest absolute Gasteiger partial charge is 0.258 e. The van der Waals surface area contributed by atoms with Gasteiger partial charge in [-0.15, -0.1) is 12.3 Å². The first-order valence-corrected chi connectivity index (χ1v) is 6.76. The molecule has 0 unspecified atom stereocenters. The molecular weight excluding hydrogens is 294 g/mol. The van der Waals surface area contributed by atoms with Gasteiger partial charge in [-0.05, 0) is 0 Å². The van der Waals surface area contributed by atoms with Gasteiger partial charge in [-0.3, -0.25) is 9.78 Å². The van der Waals surface area contributed by atoms with Crippen LogP contribution in [0.15, 0.2) is 22.6 Å². The summed E-state index contributed by atoms with van der Waals surface area (Å²) in [4.78, 5) is 19.3. The van der Waals surface area contributed by atoms with Gasteiger partial charge in [-0.2, -0.15) is 15.2 Å². The fraction of sp³-hybridized carbons (Fsp3) is 0.462. The molecule has 1 aromatic heterocycles. The highest BCUT2D eigenvalue weighted by molar-refractivity contribution is 6.29. The molecule has 0 spiro atoms. The largest absolute Gasteiger partial charge is 0.466 e. The summed E-state index contributed by atoms with van der Waals surface area (Å²) in [6.45, 7) is 0.307. The Bertz CT molecular complexity index is 578. The Balaban J connectivity index is 1.63. The van der Waals surface area contributed by atoms with E-state index in [9.17, 15) is 4.79 Å². The van der Waals surface area contributed by atoms with Crippen LogP contribution in [0.4, 0.5) is 0 Å². The van der Waals surface area contributed by atoms with Crippen molar-refractivity contribution < 1.29 is 9.53 Å². The summed E-state index contributed by atoms with van der Waals surface area (Å²) in [5.74, 6) is 2.50. The molecular formula is C13H14ClN5O2. The van der Waals surface area contributed by atoms with E-state index < -0.39 is 0 Å². The van der Waals surface area contributed by atoms with E-state index in [-0.39, 0.29) is 29.2 Å². The van der Waals surface area contributed by atoms with Crippen molar-refractivity contribution >= 4 is 17.5 Å². The maximum absolute atomic E-state index is 11.6. The second-order valence-corrected chi connectivity index (χ2v) is 4.84. The van der Waals surface area contributed by atoms with Gasteiger partial charge in [0, 0.05) is 25.8 Å². The number of aromatic nitrogens is 2. The molecule has 0 atom stereocenters. The Morgan fingerprint density at radius 2 is 2.24 bits per heavy atom. The minimum absolute atomic E-state index is 0.152. The zero-order valence-corrected chi connectivity index (χ0v) is 12.0. The van der Waals surface area contributed by atoms with Crippen LogP contribution in [-0.4, -0.2) is 34.7 Å². The van der Waals surface area contributed by atoms with E-state index in [0.29, 0.717) is 25.8 Å².